The maximum absolute atomic E-state index is 13.3. The van der Waals surface area contributed by atoms with Crippen molar-refractivity contribution in [2.24, 2.45) is 0 Å². The summed E-state index contributed by atoms with van der Waals surface area (Å²) in [6.07, 6.45) is 1.40. The number of aromatic nitrogens is 1. The molecular weight excluding hydrogens is 633 g/mol. The lowest BCUT2D eigenvalue weighted by Crippen LogP contribution is -2.42. The van der Waals surface area contributed by atoms with Gasteiger partial charge < -0.3 is 30.5 Å². The van der Waals surface area contributed by atoms with E-state index in [1.54, 1.807) is 41.3 Å². The van der Waals surface area contributed by atoms with Crippen LogP contribution in [0.3, 0.4) is 0 Å². The van der Waals surface area contributed by atoms with Crippen molar-refractivity contribution in [2.75, 3.05) is 17.2 Å². The number of carbonyl (C=O) groups is 4. The van der Waals surface area contributed by atoms with E-state index in [-0.39, 0.29) is 52.2 Å². The van der Waals surface area contributed by atoms with E-state index in [0.29, 0.717) is 30.0 Å². The highest BCUT2D eigenvalue weighted by Crippen LogP contribution is 2.32. The number of hydrogen-bond donors (Lipinski definition) is 4. The molecule has 0 bridgehead atoms. The first-order chi connectivity index (χ1) is 22.1. The summed E-state index contributed by atoms with van der Waals surface area (Å²) in [5.41, 5.74) is 3.51. The summed E-state index contributed by atoms with van der Waals surface area (Å²) < 4.78 is 5.43. The van der Waals surface area contributed by atoms with E-state index >= 15 is 0 Å². The van der Waals surface area contributed by atoms with Crippen LogP contribution in [0.25, 0.3) is 0 Å². The van der Waals surface area contributed by atoms with Crippen LogP contribution in [0.15, 0.2) is 77.3 Å². The molecule has 1 fully saturated rings. The number of para-hydroxylation sites is 1. The first kappa shape index (κ1) is 32.5. The van der Waals surface area contributed by atoms with Crippen LogP contribution < -0.4 is 16.0 Å². The van der Waals surface area contributed by atoms with Crippen molar-refractivity contribution in [3.05, 3.63) is 111 Å². The highest BCUT2D eigenvalue weighted by molar-refractivity contribution is 6.39. The van der Waals surface area contributed by atoms with Crippen molar-refractivity contribution in [1.82, 2.24) is 15.4 Å². The van der Waals surface area contributed by atoms with Crippen molar-refractivity contribution < 1.29 is 28.8 Å². The lowest BCUT2D eigenvalue weighted by molar-refractivity contribution is -0.139. The minimum atomic E-state index is -1.34. The number of aliphatic carboxylic acids is 1. The number of carbonyl (C=O) groups excluding carboxylic acids is 3. The van der Waals surface area contributed by atoms with Crippen LogP contribution in [-0.4, -0.2) is 51.6 Å². The number of urea groups is 1. The number of amides is 4. The number of halogens is 2. The van der Waals surface area contributed by atoms with E-state index in [0.717, 1.165) is 17.5 Å². The van der Waals surface area contributed by atoms with Crippen molar-refractivity contribution in [1.29, 1.82) is 0 Å². The highest BCUT2D eigenvalue weighted by atomic mass is 35.5. The van der Waals surface area contributed by atoms with Gasteiger partial charge in [0, 0.05) is 30.4 Å². The van der Waals surface area contributed by atoms with Crippen LogP contribution in [0.2, 0.25) is 10.0 Å². The molecule has 4 amide bonds. The number of hydrogen-bond acceptors (Lipinski definition) is 6. The Morgan fingerprint density at radius 1 is 1.00 bits per heavy atom. The predicted molar refractivity (Wildman–Crippen MR) is 173 cm³/mol. The number of benzene rings is 3. The summed E-state index contributed by atoms with van der Waals surface area (Å²) in [5.74, 6) is -1.87. The Labute approximate surface area is 274 Å². The second-order valence-corrected chi connectivity index (χ2v) is 11.7. The molecule has 1 saturated heterocycles. The Balaban J connectivity index is 1.18. The van der Waals surface area contributed by atoms with Gasteiger partial charge in [-0.1, -0.05) is 64.8 Å². The fourth-order valence-electron chi connectivity index (χ4n) is 5.28. The molecule has 11 nitrogen and oxygen atoms in total. The maximum Gasteiger partial charge on any atom is 0.326 e. The molecule has 4 N–H and O–H groups in total. The molecule has 2 heterocycles. The Morgan fingerprint density at radius 2 is 1.72 bits per heavy atom. The minimum Gasteiger partial charge on any atom is -0.480 e. The Kier molecular flexibility index (Phi) is 10.2. The normalized spacial score (nSPS) is 14.8. The van der Waals surface area contributed by atoms with Gasteiger partial charge in [-0.3, -0.25) is 9.59 Å². The molecule has 46 heavy (non-hydrogen) atoms. The molecule has 1 aliphatic rings. The third-order valence-corrected chi connectivity index (χ3v) is 8.28. The van der Waals surface area contributed by atoms with E-state index in [2.05, 4.69) is 21.1 Å². The van der Waals surface area contributed by atoms with Crippen molar-refractivity contribution in [2.45, 2.75) is 44.7 Å². The molecule has 5 rings (SSSR count). The van der Waals surface area contributed by atoms with Crippen LogP contribution >= 0.6 is 23.2 Å². The summed E-state index contributed by atoms with van der Waals surface area (Å²) in [6, 6.07) is 18.6. The Bertz CT molecular complexity index is 1740. The molecule has 2 atom stereocenters. The Hall–Kier alpha value is -4.87. The predicted octanol–water partition coefficient (Wildman–Crippen LogP) is 6.27. The average molecular weight is 665 g/mol. The molecule has 0 saturated carbocycles. The van der Waals surface area contributed by atoms with Gasteiger partial charge in [-0.25, -0.2) is 9.59 Å². The second kappa shape index (κ2) is 14.5. The smallest absolute Gasteiger partial charge is 0.326 e. The largest absolute Gasteiger partial charge is 0.480 e. The molecule has 1 aliphatic heterocycles. The highest BCUT2D eigenvalue weighted by Gasteiger charge is 2.33. The first-order valence-corrected chi connectivity index (χ1v) is 15.3. The number of nitrogens with zero attached hydrogens (tertiary/aromatic N) is 2. The van der Waals surface area contributed by atoms with Gasteiger partial charge in [-0.05, 0) is 61.2 Å². The fourth-order valence-corrected chi connectivity index (χ4v) is 5.85. The standard InChI is InChI=1S/C33H31Cl2N5O6/c1-19-6-2-3-9-25(19)38-33(45)36-21-13-11-20(12-14-21)16-29(41)40-15-5-10-28(40)26-17-22(46-39-26)18-27(32(43)44)37-31(42)30-23(34)7-4-8-24(30)35/h2-4,6-9,11-14,17,27-28H,5,10,15-16,18H2,1H3,(H,37,42)(H,43,44)(H2,36,38,45). The zero-order valence-electron chi connectivity index (χ0n) is 24.8. The van der Waals surface area contributed by atoms with Gasteiger partial charge in [-0.2, -0.15) is 0 Å². The topological polar surface area (TPSA) is 154 Å². The van der Waals surface area contributed by atoms with Gasteiger partial charge >= 0.3 is 12.0 Å². The van der Waals surface area contributed by atoms with Crippen LogP contribution in [0, 0.1) is 6.92 Å². The molecule has 4 aromatic rings. The van der Waals surface area contributed by atoms with Crippen molar-refractivity contribution >= 4 is 58.4 Å². The van der Waals surface area contributed by atoms with E-state index in [9.17, 15) is 24.3 Å². The van der Waals surface area contributed by atoms with Crippen LogP contribution in [0.1, 0.15) is 51.8 Å². The van der Waals surface area contributed by atoms with Crippen molar-refractivity contribution in [3.8, 4) is 0 Å². The molecule has 0 radical (unpaired) electrons. The summed E-state index contributed by atoms with van der Waals surface area (Å²) >= 11 is 12.2. The van der Waals surface area contributed by atoms with Crippen LogP contribution in [0.5, 0.6) is 0 Å². The zero-order chi connectivity index (χ0) is 32.8. The summed E-state index contributed by atoms with van der Waals surface area (Å²) in [5, 5.41) is 22.1. The Morgan fingerprint density at radius 3 is 2.41 bits per heavy atom. The summed E-state index contributed by atoms with van der Waals surface area (Å²) in [4.78, 5) is 52.2. The molecule has 1 aromatic heterocycles. The first-order valence-electron chi connectivity index (χ1n) is 14.5. The fraction of sp³-hybridized carbons (Fsp3) is 0.242. The van der Waals surface area contributed by atoms with Gasteiger partial charge in [0.25, 0.3) is 5.91 Å². The summed E-state index contributed by atoms with van der Waals surface area (Å²) in [7, 11) is 0. The monoisotopic (exact) mass is 663 g/mol. The van der Waals surface area contributed by atoms with Crippen molar-refractivity contribution in [3.63, 3.8) is 0 Å². The maximum atomic E-state index is 13.3. The number of rotatable bonds is 10. The summed E-state index contributed by atoms with van der Waals surface area (Å²) in [6.45, 7) is 2.45. The minimum absolute atomic E-state index is 0.0232. The number of nitrogens with one attached hydrogen (secondary N) is 3. The number of likely N-dealkylation sites (tertiary alicyclic amines) is 1. The quantitative estimate of drug-likeness (QED) is 0.156. The average Bonchev–Trinajstić information content (AvgIpc) is 3.69. The second-order valence-electron chi connectivity index (χ2n) is 10.9. The third-order valence-electron chi connectivity index (χ3n) is 7.65. The van der Waals surface area contributed by atoms with E-state index in [1.165, 1.54) is 12.1 Å². The van der Waals surface area contributed by atoms with E-state index < -0.39 is 17.9 Å². The number of carboxylic acid groups (broad SMARTS) is 1. The van der Waals surface area contributed by atoms with Gasteiger partial charge in [0.05, 0.1) is 28.1 Å². The molecular formula is C33H31Cl2N5O6. The molecule has 238 valence electrons. The SMILES string of the molecule is Cc1ccccc1NC(=O)Nc1ccc(CC(=O)N2CCCC2c2cc(CC(NC(=O)c3c(Cl)cccc3Cl)C(=O)O)on2)cc1. The number of anilines is 2. The number of aryl methyl sites for hydroxylation is 1. The lowest BCUT2D eigenvalue weighted by Gasteiger charge is -2.23. The molecule has 2 unspecified atom stereocenters. The lowest BCUT2D eigenvalue weighted by atomic mass is 10.1. The number of carboxylic acids is 1. The molecule has 0 aliphatic carbocycles. The molecule has 0 spiro atoms. The van der Waals surface area contributed by atoms with Gasteiger partial charge in [0.15, 0.2) is 0 Å². The zero-order valence-corrected chi connectivity index (χ0v) is 26.3. The molecule has 13 heteroatoms. The van der Waals surface area contributed by atoms with E-state index in [4.69, 9.17) is 27.7 Å². The van der Waals surface area contributed by atoms with Crippen LogP contribution in [-0.2, 0) is 22.4 Å². The molecule has 3 aromatic carbocycles. The van der Waals surface area contributed by atoms with E-state index in [1.807, 2.05) is 31.2 Å². The third kappa shape index (κ3) is 7.85. The van der Waals surface area contributed by atoms with Gasteiger partial charge in [-0.15, -0.1) is 0 Å². The van der Waals surface area contributed by atoms with Crippen LogP contribution in [0.4, 0.5) is 16.2 Å². The van der Waals surface area contributed by atoms with Gasteiger partial charge in [0.1, 0.15) is 17.5 Å². The van der Waals surface area contributed by atoms with Gasteiger partial charge in [0.2, 0.25) is 5.91 Å².